The molecule has 2 heterocycles. The lowest BCUT2D eigenvalue weighted by Crippen LogP contribution is -1.99. The highest BCUT2D eigenvalue weighted by molar-refractivity contribution is 7.84. The van der Waals surface area contributed by atoms with Crippen molar-refractivity contribution >= 4 is 22.1 Å². The molecule has 0 N–H and O–H groups in total. The Morgan fingerprint density at radius 3 is 2.91 bits per heavy atom. The summed E-state index contributed by atoms with van der Waals surface area (Å²) in [6, 6.07) is 7.42. The smallest absolute Gasteiger partial charge is 0.122 e. The highest BCUT2D eigenvalue weighted by Gasteiger charge is 2.21. The molecule has 2 aromatic rings. The number of hydrogen-bond acceptors (Lipinski definition) is 5. The van der Waals surface area contributed by atoms with E-state index in [0.717, 1.165) is 40.8 Å². The Balaban J connectivity index is 1.63. The summed E-state index contributed by atoms with van der Waals surface area (Å²) < 4.78 is 23.4. The summed E-state index contributed by atoms with van der Waals surface area (Å²) in [6.07, 6.45) is 2.27. The second-order valence-electron chi connectivity index (χ2n) is 5.07. The van der Waals surface area contributed by atoms with Crippen LogP contribution in [0.2, 0.25) is 0 Å². The molecule has 1 fully saturated rings. The van der Waals surface area contributed by atoms with Gasteiger partial charge in [-0.2, -0.15) is 0 Å². The predicted octanol–water partition coefficient (Wildman–Crippen LogP) is 3.70. The van der Waals surface area contributed by atoms with Crippen molar-refractivity contribution in [2.45, 2.75) is 36.5 Å². The van der Waals surface area contributed by atoms with Crippen LogP contribution in [-0.2, 0) is 21.3 Å². The normalized spacial score (nSPS) is 19.2. The molecule has 1 aromatic heterocycles. The van der Waals surface area contributed by atoms with Gasteiger partial charge in [0.15, 0.2) is 0 Å². The van der Waals surface area contributed by atoms with E-state index in [1.807, 2.05) is 36.6 Å². The zero-order valence-electron chi connectivity index (χ0n) is 12.5. The first-order valence-corrected chi connectivity index (χ1v) is 9.63. The van der Waals surface area contributed by atoms with Crippen LogP contribution in [0.5, 0.6) is 5.75 Å². The lowest BCUT2D eigenvalue weighted by atomic mass is 10.2. The van der Waals surface area contributed by atoms with Gasteiger partial charge in [0.05, 0.1) is 28.9 Å². The SMILES string of the molecule is CCOc1ccc([S@](=O)Cc2csc([C@H]3CCCO3)n2)cc1. The Labute approximate surface area is 136 Å². The maximum Gasteiger partial charge on any atom is 0.122 e. The van der Waals surface area contributed by atoms with Crippen LogP contribution in [0.3, 0.4) is 0 Å². The van der Waals surface area contributed by atoms with Gasteiger partial charge in [-0.3, -0.25) is 4.21 Å². The monoisotopic (exact) mass is 337 g/mol. The predicted molar refractivity (Wildman–Crippen MR) is 87.8 cm³/mol. The third-order valence-corrected chi connectivity index (χ3v) is 5.79. The molecular weight excluding hydrogens is 318 g/mol. The molecule has 0 aliphatic carbocycles. The highest BCUT2D eigenvalue weighted by Crippen LogP contribution is 2.31. The second kappa shape index (κ2) is 7.35. The summed E-state index contributed by atoms with van der Waals surface area (Å²) in [4.78, 5) is 5.38. The van der Waals surface area contributed by atoms with Crippen LogP contribution in [-0.4, -0.2) is 22.4 Å². The molecule has 0 radical (unpaired) electrons. The Morgan fingerprint density at radius 1 is 1.41 bits per heavy atom. The van der Waals surface area contributed by atoms with E-state index in [9.17, 15) is 4.21 Å². The second-order valence-corrected chi connectivity index (χ2v) is 7.41. The molecule has 1 saturated heterocycles. The summed E-state index contributed by atoms with van der Waals surface area (Å²) in [5, 5.41) is 3.00. The van der Waals surface area contributed by atoms with Gasteiger partial charge in [-0.15, -0.1) is 11.3 Å². The van der Waals surface area contributed by atoms with Gasteiger partial charge in [0.25, 0.3) is 0 Å². The third-order valence-electron chi connectivity index (χ3n) is 3.45. The fraction of sp³-hybridized carbons (Fsp3) is 0.438. The molecule has 1 aromatic carbocycles. The minimum atomic E-state index is -1.09. The number of rotatable bonds is 6. The van der Waals surface area contributed by atoms with E-state index in [0.29, 0.717) is 12.4 Å². The van der Waals surface area contributed by atoms with E-state index < -0.39 is 10.8 Å². The van der Waals surface area contributed by atoms with Gasteiger partial charge in [0, 0.05) is 16.9 Å². The number of nitrogens with zero attached hydrogens (tertiary/aromatic N) is 1. The van der Waals surface area contributed by atoms with E-state index in [1.165, 1.54) is 0 Å². The van der Waals surface area contributed by atoms with Crippen molar-refractivity contribution in [2.75, 3.05) is 13.2 Å². The Kier molecular flexibility index (Phi) is 5.23. The summed E-state index contributed by atoms with van der Waals surface area (Å²) in [6.45, 7) is 3.39. The van der Waals surface area contributed by atoms with Crippen LogP contribution >= 0.6 is 11.3 Å². The molecule has 0 unspecified atom stereocenters. The standard InChI is InChI=1S/C16H19NO3S2/c1-2-19-13-5-7-14(8-6-13)22(18)11-12-10-21-16(17-12)15-4-3-9-20-15/h5-8,10,15H,2-4,9,11H2,1H3/t15-,22-/m1/s1. The summed E-state index contributed by atoms with van der Waals surface area (Å²) in [5.74, 6) is 1.24. The van der Waals surface area contributed by atoms with Gasteiger partial charge in [-0.05, 0) is 44.0 Å². The minimum Gasteiger partial charge on any atom is -0.494 e. The molecule has 2 atom stereocenters. The van der Waals surface area contributed by atoms with Gasteiger partial charge in [0.1, 0.15) is 16.9 Å². The van der Waals surface area contributed by atoms with Crippen LogP contribution in [0.1, 0.15) is 36.6 Å². The van der Waals surface area contributed by atoms with Crippen molar-refractivity contribution in [2.24, 2.45) is 0 Å². The lowest BCUT2D eigenvalue weighted by Gasteiger charge is -2.05. The number of aromatic nitrogens is 1. The fourth-order valence-corrected chi connectivity index (χ4v) is 4.41. The Bertz CT molecular complexity index is 633. The average Bonchev–Trinajstić information content (AvgIpc) is 3.19. The maximum absolute atomic E-state index is 12.4. The molecule has 22 heavy (non-hydrogen) atoms. The molecule has 118 valence electrons. The first kappa shape index (κ1) is 15.6. The zero-order chi connectivity index (χ0) is 15.4. The van der Waals surface area contributed by atoms with Gasteiger partial charge in [-0.1, -0.05) is 0 Å². The molecule has 0 amide bonds. The molecular formula is C16H19NO3S2. The van der Waals surface area contributed by atoms with Gasteiger partial charge >= 0.3 is 0 Å². The Morgan fingerprint density at radius 2 is 2.23 bits per heavy atom. The first-order chi connectivity index (χ1) is 10.8. The van der Waals surface area contributed by atoms with E-state index >= 15 is 0 Å². The Hall–Kier alpha value is -1.24. The number of ether oxygens (including phenoxy) is 2. The third kappa shape index (κ3) is 3.74. The van der Waals surface area contributed by atoms with Crippen molar-refractivity contribution in [1.82, 2.24) is 4.98 Å². The number of benzene rings is 1. The molecule has 3 rings (SSSR count). The van der Waals surface area contributed by atoms with Crippen molar-refractivity contribution < 1.29 is 13.7 Å². The number of thiazole rings is 1. The molecule has 1 aliphatic heterocycles. The van der Waals surface area contributed by atoms with Gasteiger partial charge in [-0.25, -0.2) is 4.98 Å². The minimum absolute atomic E-state index is 0.137. The quantitative estimate of drug-likeness (QED) is 0.806. The van der Waals surface area contributed by atoms with E-state index in [4.69, 9.17) is 9.47 Å². The molecule has 0 spiro atoms. The van der Waals surface area contributed by atoms with Gasteiger partial charge < -0.3 is 9.47 Å². The number of hydrogen-bond donors (Lipinski definition) is 0. The van der Waals surface area contributed by atoms with Crippen molar-refractivity contribution in [3.05, 3.63) is 40.3 Å². The van der Waals surface area contributed by atoms with Crippen molar-refractivity contribution in [1.29, 1.82) is 0 Å². The van der Waals surface area contributed by atoms with Gasteiger partial charge in [0.2, 0.25) is 0 Å². The van der Waals surface area contributed by atoms with Crippen LogP contribution in [0.4, 0.5) is 0 Å². The summed E-state index contributed by atoms with van der Waals surface area (Å²) in [7, 11) is -1.09. The molecule has 1 aliphatic rings. The van der Waals surface area contributed by atoms with Crippen molar-refractivity contribution in [3.8, 4) is 5.75 Å². The topological polar surface area (TPSA) is 48.4 Å². The highest BCUT2D eigenvalue weighted by atomic mass is 32.2. The fourth-order valence-electron chi connectivity index (χ4n) is 2.38. The molecule has 0 saturated carbocycles. The van der Waals surface area contributed by atoms with Crippen LogP contribution < -0.4 is 4.74 Å². The average molecular weight is 337 g/mol. The summed E-state index contributed by atoms with van der Waals surface area (Å²) >= 11 is 1.60. The zero-order valence-corrected chi connectivity index (χ0v) is 14.1. The van der Waals surface area contributed by atoms with Crippen molar-refractivity contribution in [3.63, 3.8) is 0 Å². The molecule has 4 nitrogen and oxygen atoms in total. The van der Waals surface area contributed by atoms with E-state index in [-0.39, 0.29) is 6.10 Å². The van der Waals surface area contributed by atoms with Crippen LogP contribution in [0, 0.1) is 0 Å². The van der Waals surface area contributed by atoms with Crippen LogP contribution in [0.15, 0.2) is 34.5 Å². The largest absolute Gasteiger partial charge is 0.494 e. The van der Waals surface area contributed by atoms with E-state index in [1.54, 1.807) is 11.3 Å². The molecule has 0 bridgehead atoms. The van der Waals surface area contributed by atoms with E-state index in [2.05, 4.69) is 4.98 Å². The first-order valence-electron chi connectivity index (χ1n) is 7.43. The molecule has 6 heteroatoms. The lowest BCUT2D eigenvalue weighted by molar-refractivity contribution is 0.111. The summed E-state index contributed by atoms with van der Waals surface area (Å²) in [5.41, 5.74) is 0.878. The maximum atomic E-state index is 12.4. The van der Waals surface area contributed by atoms with Crippen LogP contribution in [0.25, 0.3) is 0 Å².